The van der Waals surface area contributed by atoms with Crippen molar-refractivity contribution in [2.45, 2.75) is 63.2 Å². The molecule has 5 heterocycles. The Balaban J connectivity index is 0.853. The molecule has 14 bridgehead atoms. The molecule has 0 radical (unpaired) electrons. The third kappa shape index (κ3) is 2.92. The first-order valence-electron chi connectivity index (χ1n) is 17.3. The van der Waals surface area contributed by atoms with Crippen LogP contribution in [-0.2, 0) is 15.0 Å². The van der Waals surface area contributed by atoms with Gasteiger partial charge < -0.3 is 9.97 Å². The number of nitrogens with zero attached hydrogens (tertiary/aromatic N) is 2. The maximum absolute atomic E-state index is 12.6. The third-order valence-electron chi connectivity index (χ3n) is 14.6. The van der Waals surface area contributed by atoms with Gasteiger partial charge in [0.25, 0.3) is 0 Å². The largest absolute Gasteiger partial charge is 0.355 e. The Labute approximate surface area is 271 Å². The fraction of sp³-hybridized carbons (Fsp3) is 0.366. The smallest absolute Gasteiger partial charge is 0.182 e. The van der Waals surface area contributed by atoms with Crippen LogP contribution in [0.1, 0.15) is 86.1 Å². The number of hydrogen-bond donors (Lipinski definition) is 2. The molecule has 6 nitrogen and oxygen atoms in total. The second-order valence-electron chi connectivity index (χ2n) is 17.0. The minimum Gasteiger partial charge on any atom is -0.355 e. The van der Waals surface area contributed by atoms with Gasteiger partial charge in [0.15, 0.2) is 11.6 Å². The number of carbonyl (C=O) groups excluding carboxylic acids is 2. The standard InChI is InChI=1S/C41H34N4O2/c46-30-7-10-34(47)31(14-30)36-15-38(16-36,17-36)40-21-41(22-40,23-40)39-18-37(19-39,20-39)35-32-8-5-28(44-32)12-26-3-1-24(42-26)11-25-2-4-27(43-25)13-29-6-9-33(35)45-29/h1-14,42-43H,15-23H2. The first-order chi connectivity index (χ1) is 22.7. The summed E-state index contributed by atoms with van der Waals surface area (Å²) >= 11 is 0. The third-order valence-corrected chi connectivity index (χ3v) is 14.6. The van der Waals surface area contributed by atoms with Crippen molar-refractivity contribution >= 4 is 57.9 Å². The zero-order valence-electron chi connectivity index (χ0n) is 26.2. The van der Waals surface area contributed by atoms with Crippen molar-refractivity contribution < 1.29 is 9.59 Å². The molecule has 3 aromatic heterocycles. The topological polar surface area (TPSA) is 91.5 Å². The van der Waals surface area contributed by atoms with Crippen LogP contribution >= 0.6 is 0 Å². The van der Waals surface area contributed by atoms with E-state index in [0.29, 0.717) is 21.7 Å². The van der Waals surface area contributed by atoms with E-state index in [0.717, 1.165) is 69.7 Å². The Hall–Kier alpha value is -4.58. The maximum atomic E-state index is 12.6. The summed E-state index contributed by atoms with van der Waals surface area (Å²) in [5, 5.41) is 0. The van der Waals surface area contributed by atoms with Gasteiger partial charge in [0.05, 0.1) is 22.8 Å². The number of aromatic nitrogens is 4. The lowest BCUT2D eigenvalue weighted by Gasteiger charge is -2.94. The molecule has 0 atom stereocenters. The summed E-state index contributed by atoms with van der Waals surface area (Å²) in [6.07, 6.45) is 24.5. The molecule has 0 unspecified atom stereocenters. The van der Waals surface area contributed by atoms with Crippen LogP contribution in [0.15, 0.2) is 66.3 Å². The Morgan fingerprint density at radius 1 is 0.511 bits per heavy atom. The normalized spacial score (nSPS) is 39.2. The van der Waals surface area contributed by atoms with E-state index in [1.807, 2.05) is 0 Å². The summed E-state index contributed by atoms with van der Waals surface area (Å²) in [6.45, 7) is 0. The van der Waals surface area contributed by atoms with Gasteiger partial charge in [-0.3, -0.25) is 9.59 Å². The molecule has 9 saturated carbocycles. The van der Waals surface area contributed by atoms with Crippen LogP contribution in [0.5, 0.6) is 0 Å². The van der Waals surface area contributed by atoms with Gasteiger partial charge in [-0.05, 0) is 164 Å². The number of allylic oxidation sites excluding steroid dienone is 4. The van der Waals surface area contributed by atoms with Crippen molar-refractivity contribution in [3.05, 3.63) is 94.6 Å². The molecule has 230 valence electrons. The van der Waals surface area contributed by atoms with Gasteiger partial charge in [-0.25, -0.2) is 9.97 Å². The van der Waals surface area contributed by atoms with Gasteiger partial charge in [0.2, 0.25) is 0 Å². The number of carbonyl (C=O) groups is 2. The number of aromatic amines is 2. The Morgan fingerprint density at radius 2 is 0.979 bits per heavy atom. The van der Waals surface area contributed by atoms with Gasteiger partial charge in [0.1, 0.15) is 0 Å². The van der Waals surface area contributed by atoms with Crippen molar-refractivity contribution in [2.75, 3.05) is 0 Å². The molecule has 15 rings (SSSR count). The summed E-state index contributed by atoms with van der Waals surface area (Å²) in [5.74, 6) is 0.0442. The number of nitrogens with one attached hydrogen (secondary N) is 2. The van der Waals surface area contributed by atoms with Gasteiger partial charge >= 0.3 is 0 Å². The average molecular weight is 615 g/mol. The molecular weight excluding hydrogens is 580 g/mol. The van der Waals surface area contributed by atoms with Crippen LogP contribution in [0, 0.1) is 27.1 Å². The van der Waals surface area contributed by atoms with E-state index in [-0.39, 0.29) is 22.4 Å². The molecule has 12 aliphatic rings. The first-order valence-corrected chi connectivity index (χ1v) is 17.3. The highest BCUT2D eigenvalue weighted by Gasteiger charge is 2.91. The summed E-state index contributed by atoms with van der Waals surface area (Å²) in [5.41, 5.74) is 12.5. The highest BCUT2D eigenvalue weighted by atomic mass is 16.1. The molecule has 47 heavy (non-hydrogen) atoms. The summed E-state index contributed by atoms with van der Waals surface area (Å²) in [7, 11) is 0. The van der Waals surface area contributed by atoms with E-state index in [4.69, 9.17) is 9.97 Å². The van der Waals surface area contributed by atoms with E-state index < -0.39 is 0 Å². The predicted octanol–water partition coefficient (Wildman–Crippen LogP) is 8.05. The van der Waals surface area contributed by atoms with Crippen LogP contribution in [0.4, 0.5) is 0 Å². The lowest BCUT2D eigenvalue weighted by Crippen LogP contribution is -2.86. The summed E-state index contributed by atoms with van der Waals surface area (Å²) in [4.78, 5) is 42.1. The Bertz CT molecular complexity index is 2220. The van der Waals surface area contributed by atoms with Crippen molar-refractivity contribution in [2.24, 2.45) is 27.1 Å². The van der Waals surface area contributed by atoms with Crippen LogP contribution in [-0.4, -0.2) is 31.5 Å². The van der Waals surface area contributed by atoms with Gasteiger partial charge in [-0.1, -0.05) is 0 Å². The minimum atomic E-state index is -0.0220. The van der Waals surface area contributed by atoms with Crippen LogP contribution in [0.3, 0.4) is 0 Å². The number of H-pyrrole nitrogens is 2. The second-order valence-corrected chi connectivity index (χ2v) is 17.0. The number of fused-ring (bicyclic) bond motifs is 8. The minimum absolute atomic E-state index is 0.00226. The van der Waals surface area contributed by atoms with E-state index in [9.17, 15) is 9.59 Å². The zero-order valence-corrected chi connectivity index (χ0v) is 26.2. The van der Waals surface area contributed by atoms with Crippen molar-refractivity contribution in [3.63, 3.8) is 0 Å². The number of ketones is 2. The first kappa shape index (κ1) is 25.5. The van der Waals surface area contributed by atoms with Crippen LogP contribution < -0.4 is 0 Å². The SMILES string of the molecule is O=C1C=CC(=O)C(C23CC(C45CC(C67CC(c8c9nc(cc%10ccc(cc%11ccc(cc%12nc8C=C%12)[nH]%11)[nH]%10)C=C9)(C6)C7)(C4)C5)(C2)C3)=C1. The molecule has 0 spiro atoms. The summed E-state index contributed by atoms with van der Waals surface area (Å²) < 4.78 is 0. The molecule has 2 aliphatic heterocycles. The predicted molar refractivity (Wildman–Crippen MR) is 181 cm³/mol. The van der Waals surface area contributed by atoms with E-state index in [1.54, 1.807) is 6.08 Å². The highest BCUT2D eigenvalue weighted by Crippen LogP contribution is 2.99. The lowest BCUT2D eigenvalue weighted by molar-refractivity contribution is -0.434. The number of hydrogen-bond acceptors (Lipinski definition) is 4. The molecule has 0 aromatic carbocycles. The van der Waals surface area contributed by atoms with Gasteiger partial charge in [-0.2, -0.15) is 0 Å². The molecule has 3 aromatic rings. The lowest BCUT2D eigenvalue weighted by atomic mass is 9.10. The van der Waals surface area contributed by atoms with Gasteiger partial charge in [0, 0.05) is 44.0 Å². The quantitative estimate of drug-likeness (QED) is 0.200. The maximum Gasteiger partial charge on any atom is 0.182 e. The fourth-order valence-corrected chi connectivity index (χ4v) is 12.6. The van der Waals surface area contributed by atoms with Crippen molar-refractivity contribution in [3.8, 4) is 0 Å². The van der Waals surface area contributed by atoms with E-state index >= 15 is 0 Å². The monoisotopic (exact) mass is 614 g/mol. The molecule has 0 amide bonds. The van der Waals surface area contributed by atoms with Crippen molar-refractivity contribution in [1.82, 2.24) is 19.9 Å². The van der Waals surface area contributed by atoms with Gasteiger partial charge in [-0.15, -0.1) is 0 Å². The molecular formula is C41H34N4O2. The summed E-state index contributed by atoms with van der Waals surface area (Å²) in [6, 6.07) is 14.8. The number of rotatable bonds is 4. The molecule has 0 saturated heterocycles. The van der Waals surface area contributed by atoms with Crippen molar-refractivity contribution in [1.29, 1.82) is 0 Å². The molecule has 6 heteroatoms. The highest BCUT2D eigenvalue weighted by molar-refractivity contribution is 6.18. The average Bonchev–Trinajstić information content (AvgIpc) is 3.72. The van der Waals surface area contributed by atoms with E-state index in [2.05, 4.69) is 76.7 Å². The fourth-order valence-electron chi connectivity index (χ4n) is 12.6. The Morgan fingerprint density at radius 3 is 1.51 bits per heavy atom. The van der Waals surface area contributed by atoms with Crippen LogP contribution in [0.25, 0.3) is 46.4 Å². The Kier molecular flexibility index (Phi) is 4.12. The van der Waals surface area contributed by atoms with E-state index in [1.165, 1.54) is 56.2 Å². The second kappa shape index (κ2) is 7.59. The van der Waals surface area contributed by atoms with Crippen LogP contribution in [0.2, 0.25) is 0 Å². The molecule has 10 aliphatic carbocycles. The molecule has 9 fully saturated rings. The zero-order chi connectivity index (χ0) is 31.0. The molecule has 2 N–H and O–H groups in total.